The molecule has 32 heavy (non-hydrogen) atoms. The molecule has 1 aliphatic heterocycles. The van der Waals surface area contributed by atoms with E-state index in [0.717, 1.165) is 0 Å². The van der Waals surface area contributed by atoms with Gasteiger partial charge < -0.3 is 31.5 Å². The van der Waals surface area contributed by atoms with Crippen LogP contribution in [0, 0.1) is 10.1 Å². The molecule has 7 N–H and O–H groups in total. The average molecular weight is 472 g/mol. The van der Waals surface area contributed by atoms with Crippen LogP contribution in [0.1, 0.15) is 5.69 Å². The molecule has 1 aromatic heterocycles. The third-order valence-electron chi connectivity index (χ3n) is 5.44. The zero-order valence-electron chi connectivity index (χ0n) is 17.1. The number of β-amino-alcohol motifs (C(OH)–C–C–N with tert-alkyl or cyclic N) is 1. The fourth-order valence-electron chi connectivity index (χ4n) is 3.66. The molecule has 0 radical (unpaired) electrons. The first kappa shape index (κ1) is 24.1. The van der Waals surface area contributed by atoms with Crippen LogP contribution in [-0.4, -0.2) is 95.8 Å². The summed E-state index contributed by atoms with van der Waals surface area (Å²) in [6.07, 6.45) is -1.51. The van der Waals surface area contributed by atoms with E-state index in [4.69, 9.17) is 17.3 Å². The molecule has 2 heterocycles. The number of rotatable bonds is 9. The van der Waals surface area contributed by atoms with Crippen molar-refractivity contribution in [3.05, 3.63) is 39.2 Å². The van der Waals surface area contributed by atoms with Gasteiger partial charge in [-0.25, -0.2) is 0 Å². The molecule has 0 spiro atoms. The van der Waals surface area contributed by atoms with Gasteiger partial charge in [0.1, 0.15) is 22.9 Å². The number of nitrogens with zero attached hydrogens (tertiary/aromatic N) is 5. The largest absolute Gasteiger partial charge is 0.397 e. The second-order valence-corrected chi connectivity index (χ2v) is 7.94. The molecule has 176 valence electrons. The SMILES string of the molecule is Nc1ccc(NCCn2cc(CCN3C[C@H](O)[C@@H](O)[C@H](O)[C@H]3CO)nn2)c([N+](=O)[O-])c1Cl. The van der Waals surface area contributed by atoms with Crippen LogP contribution in [0.4, 0.5) is 17.1 Å². The van der Waals surface area contributed by atoms with Crippen LogP contribution in [0.25, 0.3) is 0 Å². The van der Waals surface area contributed by atoms with Gasteiger partial charge in [0.25, 0.3) is 0 Å². The maximum absolute atomic E-state index is 11.3. The first-order valence-electron chi connectivity index (χ1n) is 9.97. The highest BCUT2D eigenvalue weighted by Crippen LogP contribution is 2.36. The van der Waals surface area contributed by atoms with Crippen LogP contribution in [0.5, 0.6) is 0 Å². The Morgan fingerprint density at radius 2 is 2.03 bits per heavy atom. The first-order valence-corrected chi connectivity index (χ1v) is 10.3. The molecule has 13 nitrogen and oxygen atoms in total. The fraction of sp³-hybridized carbons (Fsp3) is 0.556. The smallest absolute Gasteiger partial charge is 0.312 e. The summed E-state index contributed by atoms with van der Waals surface area (Å²) in [7, 11) is 0. The number of benzene rings is 1. The van der Waals surface area contributed by atoms with Gasteiger partial charge in [0.05, 0.1) is 41.6 Å². The molecule has 1 fully saturated rings. The minimum atomic E-state index is -1.30. The highest BCUT2D eigenvalue weighted by atomic mass is 35.5. The van der Waals surface area contributed by atoms with Crippen LogP contribution in [-0.2, 0) is 13.0 Å². The van der Waals surface area contributed by atoms with Gasteiger partial charge in [0.15, 0.2) is 0 Å². The average Bonchev–Trinajstić information content (AvgIpc) is 3.20. The van der Waals surface area contributed by atoms with E-state index < -0.39 is 29.3 Å². The molecule has 0 unspecified atom stereocenters. The number of anilines is 2. The quantitative estimate of drug-likeness (QED) is 0.146. The summed E-state index contributed by atoms with van der Waals surface area (Å²) in [6, 6.07) is 2.29. The normalized spacial score (nSPS) is 23.9. The Morgan fingerprint density at radius 1 is 1.28 bits per heavy atom. The van der Waals surface area contributed by atoms with Gasteiger partial charge in [-0.1, -0.05) is 16.8 Å². The summed E-state index contributed by atoms with van der Waals surface area (Å²) in [5, 5.41) is 61.4. The number of piperidine rings is 1. The van der Waals surface area contributed by atoms with Crippen molar-refractivity contribution in [1.82, 2.24) is 19.9 Å². The predicted molar refractivity (Wildman–Crippen MR) is 115 cm³/mol. The molecule has 14 heteroatoms. The van der Waals surface area contributed by atoms with E-state index in [-0.39, 0.29) is 35.2 Å². The van der Waals surface area contributed by atoms with Gasteiger partial charge in [-0.05, 0) is 12.1 Å². The lowest BCUT2D eigenvalue weighted by Crippen LogP contribution is -2.62. The molecule has 1 saturated heterocycles. The number of likely N-dealkylation sites (tertiary alicyclic amines) is 1. The van der Waals surface area contributed by atoms with Crippen LogP contribution >= 0.6 is 11.6 Å². The van der Waals surface area contributed by atoms with Crippen LogP contribution in [0.2, 0.25) is 5.02 Å². The number of aromatic nitrogens is 3. The minimum Gasteiger partial charge on any atom is -0.397 e. The molecule has 1 aromatic carbocycles. The summed E-state index contributed by atoms with van der Waals surface area (Å²) >= 11 is 5.94. The second kappa shape index (κ2) is 10.4. The Bertz CT molecular complexity index is 945. The van der Waals surface area contributed by atoms with Crippen molar-refractivity contribution in [3.8, 4) is 0 Å². The Balaban J connectivity index is 1.54. The van der Waals surface area contributed by atoms with Crippen molar-refractivity contribution in [3.63, 3.8) is 0 Å². The molecular weight excluding hydrogens is 446 g/mol. The van der Waals surface area contributed by atoms with Crippen molar-refractivity contribution in [2.24, 2.45) is 0 Å². The maximum atomic E-state index is 11.3. The first-order chi connectivity index (χ1) is 15.2. The number of nitrogens with two attached hydrogens (primary N) is 1. The Hall–Kier alpha value is -2.55. The molecular formula is C18H26ClN7O6. The highest BCUT2D eigenvalue weighted by molar-refractivity contribution is 6.35. The van der Waals surface area contributed by atoms with Crippen LogP contribution in [0.3, 0.4) is 0 Å². The zero-order valence-corrected chi connectivity index (χ0v) is 17.8. The number of nitrogen functional groups attached to an aromatic ring is 1. The number of hydrogen-bond donors (Lipinski definition) is 6. The van der Waals surface area contributed by atoms with Crippen molar-refractivity contribution in [2.45, 2.75) is 37.3 Å². The van der Waals surface area contributed by atoms with Crippen molar-refractivity contribution in [2.75, 3.05) is 37.3 Å². The van der Waals surface area contributed by atoms with E-state index in [9.17, 15) is 30.5 Å². The van der Waals surface area contributed by atoms with Gasteiger partial charge in [-0.3, -0.25) is 19.7 Å². The summed E-state index contributed by atoms with van der Waals surface area (Å²) in [5.41, 5.74) is 6.35. The van der Waals surface area contributed by atoms with Crippen LogP contribution < -0.4 is 11.1 Å². The molecule has 0 bridgehead atoms. The summed E-state index contributed by atoms with van der Waals surface area (Å²) < 4.78 is 1.57. The minimum absolute atomic E-state index is 0.116. The Labute approximate surface area is 188 Å². The van der Waals surface area contributed by atoms with Gasteiger partial charge in [0.2, 0.25) is 0 Å². The standard InChI is InChI=1S/C18H26ClN7O6/c19-15-11(20)1-2-12(16(15)26(31)32)21-4-6-25-7-10(22-23-25)3-5-24-8-14(28)18(30)17(29)13(24)9-27/h1-2,7,13-14,17-18,21,27-30H,3-6,8-9,20H2/t13-,14+,17-,18-/m1/s1. The third kappa shape index (κ3) is 5.26. The van der Waals surface area contributed by atoms with E-state index in [0.29, 0.717) is 31.7 Å². The molecule has 0 amide bonds. The zero-order chi connectivity index (χ0) is 23.4. The van der Waals surface area contributed by atoms with Gasteiger partial charge in [-0.2, -0.15) is 0 Å². The molecule has 0 aliphatic carbocycles. The summed E-state index contributed by atoms with van der Waals surface area (Å²) in [4.78, 5) is 12.4. The molecule has 1 aliphatic rings. The van der Waals surface area contributed by atoms with Crippen molar-refractivity contribution < 1.29 is 25.3 Å². The lowest BCUT2D eigenvalue weighted by atomic mass is 9.94. The number of hydrogen-bond acceptors (Lipinski definition) is 11. The van der Waals surface area contributed by atoms with Gasteiger partial charge >= 0.3 is 5.69 Å². The Morgan fingerprint density at radius 3 is 2.72 bits per heavy atom. The van der Waals surface area contributed by atoms with E-state index >= 15 is 0 Å². The van der Waals surface area contributed by atoms with Crippen LogP contribution in [0.15, 0.2) is 18.3 Å². The topological polar surface area (TPSA) is 196 Å². The van der Waals surface area contributed by atoms with E-state index in [2.05, 4.69) is 15.6 Å². The molecule has 3 rings (SSSR count). The monoisotopic (exact) mass is 471 g/mol. The molecule has 4 atom stereocenters. The summed E-state index contributed by atoms with van der Waals surface area (Å²) in [6.45, 7) is 0.839. The van der Waals surface area contributed by atoms with E-state index in [1.165, 1.54) is 12.1 Å². The van der Waals surface area contributed by atoms with Gasteiger partial charge in [-0.15, -0.1) is 5.10 Å². The number of nitrogens with one attached hydrogen (secondary N) is 1. The molecule has 2 aromatic rings. The predicted octanol–water partition coefficient (Wildman–Crippen LogP) is -1.16. The number of aliphatic hydroxyl groups is 4. The number of nitro groups is 1. The molecule has 0 saturated carbocycles. The third-order valence-corrected chi connectivity index (χ3v) is 5.84. The number of halogens is 1. The lowest BCUT2D eigenvalue weighted by molar-refractivity contribution is -0.383. The lowest BCUT2D eigenvalue weighted by Gasteiger charge is -2.43. The van der Waals surface area contributed by atoms with Gasteiger partial charge in [0, 0.05) is 32.3 Å². The Kier molecular flexibility index (Phi) is 7.82. The highest BCUT2D eigenvalue weighted by Gasteiger charge is 2.40. The van der Waals surface area contributed by atoms with Crippen molar-refractivity contribution in [1.29, 1.82) is 0 Å². The second-order valence-electron chi connectivity index (χ2n) is 7.57. The maximum Gasteiger partial charge on any atom is 0.312 e. The number of aliphatic hydroxyl groups excluding tert-OH is 4. The van der Waals surface area contributed by atoms with E-state index in [1.54, 1.807) is 15.8 Å². The summed E-state index contributed by atoms with van der Waals surface area (Å²) in [5.74, 6) is 0. The number of nitro benzene ring substituents is 1. The van der Waals surface area contributed by atoms with Crippen molar-refractivity contribution >= 4 is 28.7 Å². The van der Waals surface area contributed by atoms with E-state index in [1.807, 2.05) is 0 Å². The fourth-order valence-corrected chi connectivity index (χ4v) is 3.90.